The molecule has 5 heteroatoms. The summed E-state index contributed by atoms with van der Waals surface area (Å²) in [6.07, 6.45) is 0.0652. The first-order valence-electron chi connectivity index (χ1n) is 4.74. The molecule has 4 N–H and O–H groups in total. The van der Waals surface area contributed by atoms with Crippen LogP contribution < -0.4 is 0 Å². The second-order valence-corrected chi connectivity index (χ2v) is 2.91. The van der Waals surface area contributed by atoms with Crippen molar-refractivity contribution >= 4 is 0 Å². The summed E-state index contributed by atoms with van der Waals surface area (Å²) in [7, 11) is 0. The lowest BCUT2D eigenvalue weighted by molar-refractivity contribution is -0.163. The zero-order chi connectivity index (χ0) is 13.3. The van der Waals surface area contributed by atoms with Crippen LogP contribution in [0.15, 0.2) is 49.6 Å². The molecule has 2 atom stereocenters. The molecule has 2 unspecified atom stereocenters. The molecule has 0 saturated heterocycles. The van der Waals surface area contributed by atoms with E-state index in [-0.39, 0.29) is 11.5 Å². The van der Waals surface area contributed by atoms with Gasteiger partial charge in [-0.1, -0.05) is 13.2 Å². The molecule has 0 aliphatic rings. The van der Waals surface area contributed by atoms with Crippen LogP contribution in [-0.2, 0) is 4.74 Å². The summed E-state index contributed by atoms with van der Waals surface area (Å²) in [5.41, 5.74) is 0. The lowest BCUT2D eigenvalue weighted by atomic mass is 10.3. The van der Waals surface area contributed by atoms with Crippen molar-refractivity contribution in [2.24, 2.45) is 0 Å². The molecule has 0 saturated carbocycles. The van der Waals surface area contributed by atoms with Gasteiger partial charge in [0.05, 0.1) is 0 Å². The molecule has 1 aromatic rings. The van der Waals surface area contributed by atoms with E-state index in [2.05, 4.69) is 17.9 Å². The minimum Gasteiger partial charge on any atom is -0.508 e. The lowest BCUT2D eigenvalue weighted by Gasteiger charge is -2.09. The number of hydrogen-bond acceptors (Lipinski definition) is 5. The van der Waals surface area contributed by atoms with Gasteiger partial charge in [-0.05, 0) is 36.4 Å². The fraction of sp³-hybridized carbons (Fsp3) is 0.167. The van der Waals surface area contributed by atoms with Gasteiger partial charge in [0.15, 0.2) is 12.6 Å². The summed E-state index contributed by atoms with van der Waals surface area (Å²) in [6, 6.07) is 5.70. The number of aliphatic hydroxyl groups is 2. The smallest absolute Gasteiger partial charge is 0.177 e. The van der Waals surface area contributed by atoms with Crippen LogP contribution in [0.3, 0.4) is 0 Å². The van der Waals surface area contributed by atoms with Crippen LogP contribution in [0.5, 0.6) is 11.5 Å². The summed E-state index contributed by atoms with van der Waals surface area (Å²) in [5.74, 6) is 0.339. The Hall–Kier alpha value is -1.82. The predicted molar refractivity (Wildman–Crippen MR) is 63.3 cm³/mol. The number of phenolic OH excluding ortho intramolecular Hbond substituents is 2. The van der Waals surface area contributed by atoms with Crippen LogP contribution in [0.4, 0.5) is 0 Å². The van der Waals surface area contributed by atoms with E-state index in [1.54, 1.807) is 0 Å². The van der Waals surface area contributed by atoms with Gasteiger partial charge in [0.25, 0.3) is 0 Å². The third-order valence-corrected chi connectivity index (χ3v) is 1.53. The summed E-state index contributed by atoms with van der Waals surface area (Å²) < 4.78 is 4.42. The van der Waals surface area contributed by atoms with Crippen molar-refractivity contribution in [3.63, 3.8) is 0 Å². The standard InChI is InChI=1S/C6H10O3.C6H6O2/c1-3-5(7)9-6(8)4-2;7-5-1-2-6(8)4-3-5/h3-8H,1-2H2;1-4,7-8H. The van der Waals surface area contributed by atoms with Crippen molar-refractivity contribution < 1.29 is 25.2 Å². The van der Waals surface area contributed by atoms with Crippen LogP contribution in [0.25, 0.3) is 0 Å². The zero-order valence-electron chi connectivity index (χ0n) is 9.23. The highest BCUT2D eigenvalue weighted by Gasteiger charge is 2.01. The third-order valence-electron chi connectivity index (χ3n) is 1.53. The third kappa shape index (κ3) is 8.04. The first-order chi connectivity index (χ1) is 7.99. The average molecular weight is 240 g/mol. The van der Waals surface area contributed by atoms with Crippen molar-refractivity contribution in [1.82, 2.24) is 0 Å². The normalized spacial score (nSPS) is 12.8. The number of benzene rings is 1. The molecule has 1 aromatic carbocycles. The molecule has 0 spiro atoms. The Morgan fingerprint density at radius 3 is 1.41 bits per heavy atom. The first-order valence-corrected chi connectivity index (χ1v) is 4.74. The maximum atomic E-state index is 8.65. The summed E-state index contributed by atoms with van der Waals surface area (Å²) >= 11 is 0. The fourth-order valence-corrected chi connectivity index (χ4v) is 0.707. The van der Waals surface area contributed by atoms with Crippen molar-refractivity contribution in [3.05, 3.63) is 49.6 Å². The summed E-state index contributed by atoms with van der Waals surface area (Å²) in [5, 5.41) is 34.5. The Kier molecular flexibility index (Phi) is 7.45. The van der Waals surface area contributed by atoms with Gasteiger partial charge >= 0.3 is 0 Å². The highest BCUT2D eigenvalue weighted by Crippen LogP contribution is 2.13. The Bertz CT molecular complexity index is 300. The fourth-order valence-electron chi connectivity index (χ4n) is 0.707. The molecule has 0 aromatic heterocycles. The molecule has 0 aliphatic heterocycles. The highest BCUT2D eigenvalue weighted by atomic mass is 16.7. The van der Waals surface area contributed by atoms with Gasteiger partial charge in [0, 0.05) is 0 Å². The highest BCUT2D eigenvalue weighted by molar-refractivity contribution is 5.28. The molecule has 0 heterocycles. The number of aromatic hydroxyl groups is 2. The Balaban J connectivity index is 0.000000302. The maximum Gasteiger partial charge on any atom is 0.177 e. The number of hydrogen-bond donors (Lipinski definition) is 4. The molecule has 0 radical (unpaired) electrons. The van der Waals surface area contributed by atoms with Gasteiger partial charge in [-0.2, -0.15) is 0 Å². The Morgan fingerprint density at radius 1 is 0.882 bits per heavy atom. The quantitative estimate of drug-likeness (QED) is 0.359. The second kappa shape index (κ2) is 8.35. The number of phenols is 2. The molecule has 17 heavy (non-hydrogen) atoms. The van der Waals surface area contributed by atoms with Crippen LogP contribution in [0.1, 0.15) is 0 Å². The van der Waals surface area contributed by atoms with Gasteiger partial charge in [0.1, 0.15) is 11.5 Å². The maximum absolute atomic E-state index is 8.65. The van der Waals surface area contributed by atoms with E-state index in [0.717, 1.165) is 12.2 Å². The molecule has 5 nitrogen and oxygen atoms in total. The predicted octanol–water partition coefficient (Wildman–Crippen LogP) is 1.11. The molecular weight excluding hydrogens is 224 g/mol. The van der Waals surface area contributed by atoms with Gasteiger partial charge in [0.2, 0.25) is 0 Å². The largest absolute Gasteiger partial charge is 0.508 e. The number of aliphatic hydroxyl groups excluding tert-OH is 2. The van der Waals surface area contributed by atoms with Crippen LogP contribution >= 0.6 is 0 Å². The van der Waals surface area contributed by atoms with Gasteiger partial charge in [-0.15, -0.1) is 0 Å². The van der Waals surface area contributed by atoms with Gasteiger partial charge in [-0.3, -0.25) is 0 Å². The number of ether oxygens (including phenoxy) is 1. The minimum atomic E-state index is -1.13. The monoisotopic (exact) mass is 240 g/mol. The van der Waals surface area contributed by atoms with Crippen molar-refractivity contribution in [1.29, 1.82) is 0 Å². The number of rotatable bonds is 4. The van der Waals surface area contributed by atoms with Crippen LogP contribution in [0.2, 0.25) is 0 Å². The topological polar surface area (TPSA) is 90.2 Å². The molecule has 0 amide bonds. The summed E-state index contributed by atoms with van der Waals surface area (Å²) in [6.45, 7) is 6.46. The van der Waals surface area contributed by atoms with E-state index >= 15 is 0 Å². The Labute approximate surface area is 99.5 Å². The Morgan fingerprint density at radius 2 is 1.18 bits per heavy atom. The molecule has 1 rings (SSSR count). The summed E-state index contributed by atoms with van der Waals surface area (Å²) in [4.78, 5) is 0. The molecular formula is C12H16O5. The van der Waals surface area contributed by atoms with Gasteiger partial charge < -0.3 is 25.2 Å². The van der Waals surface area contributed by atoms with Crippen LogP contribution in [0, 0.1) is 0 Å². The van der Waals surface area contributed by atoms with Crippen molar-refractivity contribution in [2.45, 2.75) is 12.6 Å². The van der Waals surface area contributed by atoms with Crippen molar-refractivity contribution in [2.75, 3.05) is 0 Å². The van der Waals surface area contributed by atoms with Crippen LogP contribution in [-0.4, -0.2) is 33.0 Å². The van der Waals surface area contributed by atoms with E-state index in [1.165, 1.54) is 24.3 Å². The lowest BCUT2D eigenvalue weighted by Crippen LogP contribution is -2.17. The van der Waals surface area contributed by atoms with E-state index in [0.29, 0.717) is 0 Å². The molecule has 0 bridgehead atoms. The van der Waals surface area contributed by atoms with E-state index < -0.39 is 12.6 Å². The second-order valence-electron chi connectivity index (χ2n) is 2.91. The molecule has 94 valence electrons. The average Bonchev–Trinajstić information content (AvgIpc) is 2.33. The zero-order valence-corrected chi connectivity index (χ0v) is 9.23. The SMILES string of the molecule is C=CC(O)OC(O)C=C.Oc1ccc(O)cc1. The van der Waals surface area contributed by atoms with E-state index in [4.69, 9.17) is 20.4 Å². The van der Waals surface area contributed by atoms with E-state index in [1.807, 2.05) is 0 Å². The van der Waals surface area contributed by atoms with E-state index in [9.17, 15) is 0 Å². The molecule has 0 aliphatic carbocycles. The minimum absolute atomic E-state index is 0.169. The van der Waals surface area contributed by atoms with Gasteiger partial charge in [-0.25, -0.2) is 0 Å². The first kappa shape index (κ1) is 15.2. The molecule has 0 fully saturated rings. The van der Waals surface area contributed by atoms with Crippen molar-refractivity contribution in [3.8, 4) is 11.5 Å².